The van der Waals surface area contributed by atoms with Crippen molar-refractivity contribution in [2.24, 2.45) is 0 Å². The summed E-state index contributed by atoms with van der Waals surface area (Å²) < 4.78 is 6.31. The fraction of sp³-hybridized carbons (Fsp3) is 0.552. The van der Waals surface area contributed by atoms with Gasteiger partial charge in [0, 0.05) is 75.2 Å². The van der Waals surface area contributed by atoms with Gasteiger partial charge in [-0.15, -0.1) is 0 Å². The number of ether oxygens (including phenoxy) is 1. The van der Waals surface area contributed by atoms with Gasteiger partial charge in [0.05, 0.1) is 5.69 Å². The van der Waals surface area contributed by atoms with Gasteiger partial charge in [0.1, 0.15) is 18.2 Å². The van der Waals surface area contributed by atoms with Gasteiger partial charge in [-0.2, -0.15) is 9.97 Å². The Balaban J connectivity index is 1.15. The first-order valence-corrected chi connectivity index (χ1v) is 14.2. The molecule has 2 aromatic heterocycles. The van der Waals surface area contributed by atoms with Crippen LogP contribution in [0.1, 0.15) is 53.5 Å². The van der Waals surface area contributed by atoms with Gasteiger partial charge >= 0.3 is 6.01 Å². The van der Waals surface area contributed by atoms with E-state index in [1.807, 2.05) is 12.4 Å². The zero-order valence-corrected chi connectivity index (χ0v) is 22.3. The number of H-pyrrole nitrogens is 1. The van der Waals surface area contributed by atoms with Crippen molar-refractivity contribution in [3.63, 3.8) is 0 Å². The van der Waals surface area contributed by atoms with E-state index in [0.29, 0.717) is 30.7 Å². The number of aromatic amines is 1. The molecule has 3 aromatic rings. The van der Waals surface area contributed by atoms with Gasteiger partial charge in [-0.05, 0) is 50.4 Å². The lowest BCUT2D eigenvalue weighted by Gasteiger charge is -2.35. The largest absolute Gasteiger partial charge is 0.462 e. The third-order valence-corrected chi connectivity index (χ3v) is 8.93. The lowest BCUT2D eigenvalue weighted by Crippen LogP contribution is -2.52. The van der Waals surface area contributed by atoms with Crippen molar-refractivity contribution in [1.29, 1.82) is 0 Å². The van der Waals surface area contributed by atoms with Crippen molar-refractivity contribution < 1.29 is 4.74 Å². The Kier molecular flexibility index (Phi) is 6.51. The Morgan fingerprint density at radius 3 is 2.92 bits per heavy atom. The summed E-state index contributed by atoms with van der Waals surface area (Å²) in [6.45, 7) is 6.27. The van der Waals surface area contributed by atoms with E-state index in [0.717, 1.165) is 69.4 Å². The number of benzene rings is 1. The Bertz CT molecular complexity index is 1260. The summed E-state index contributed by atoms with van der Waals surface area (Å²) in [6, 6.07) is 10.7. The summed E-state index contributed by atoms with van der Waals surface area (Å²) in [4.78, 5) is 25.2. The number of piperazine rings is 1. The Morgan fingerprint density at radius 2 is 2.05 bits per heavy atom. The van der Waals surface area contributed by atoms with Crippen LogP contribution >= 0.6 is 0 Å². The van der Waals surface area contributed by atoms with Crippen molar-refractivity contribution in [3.05, 3.63) is 64.9 Å². The first-order chi connectivity index (χ1) is 18.7. The number of likely N-dealkylation sites (N-methyl/N-ethyl adjacent to an activating group) is 1. The summed E-state index contributed by atoms with van der Waals surface area (Å²) in [5.41, 5.74) is 5.39. The molecule has 0 saturated carbocycles. The van der Waals surface area contributed by atoms with Crippen LogP contribution in [-0.2, 0) is 25.9 Å². The maximum atomic E-state index is 6.31. The highest BCUT2D eigenvalue weighted by molar-refractivity contribution is 5.52. The van der Waals surface area contributed by atoms with Crippen molar-refractivity contribution in [2.75, 3.05) is 44.7 Å². The molecule has 2 N–H and O–H groups in total. The summed E-state index contributed by atoms with van der Waals surface area (Å²) in [7, 11) is 2.19. The molecule has 0 bridgehead atoms. The number of fused-ring (bicyclic) bond motifs is 2. The number of hydrogen-bond acceptors (Lipinski definition) is 8. The maximum Gasteiger partial charge on any atom is 0.318 e. The minimum Gasteiger partial charge on any atom is -0.462 e. The van der Waals surface area contributed by atoms with Crippen LogP contribution in [0.3, 0.4) is 0 Å². The lowest BCUT2D eigenvalue weighted by atomic mass is 10.1. The molecule has 9 heteroatoms. The van der Waals surface area contributed by atoms with Gasteiger partial charge in [0.15, 0.2) is 0 Å². The van der Waals surface area contributed by atoms with E-state index in [1.165, 1.54) is 36.0 Å². The summed E-state index contributed by atoms with van der Waals surface area (Å²) in [5.74, 6) is 2.08. The van der Waals surface area contributed by atoms with Gasteiger partial charge < -0.3 is 24.8 Å². The molecule has 0 amide bonds. The van der Waals surface area contributed by atoms with E-state index in [4.69, 9.17) is 14.7 Å². The molecule has 0 spiro atoms. The minimum absolute atomic E-state index is 0.316. The predicted molar refractivity (Wildman–Crippen MR) is 146 cm³/mol. The van der Waals surface area contributed by atoms with Gasteiger partial charge in [-0.3, -0.25) is 4.90 Å². The molecule has 7 rings (SSSR count). The van der Waals surface area contributed by atoms with Crippen LogP contribution in [0.4, 0.5) is 5.82 Å². The molecule has 1 aromatic carbocycles. The normalized spacial score (nSPS) is 25.6. The Morgan fingerprint density at radius 1 is 1.11 bits per heavy atom. The zero-order chi connectivity index (χ0) is 25.5. The van der Waals surface area contributed by atoms with Crippen LogP contribution in [0.15, 0.2) is 36.7 Å². The summed E-state index contributed by atoms with van der Waals surface area (Å²) >= 11 is 0. The topological polar surface area (TPSA) is 85.4 Å². The monoisotopic (exact) mass is 514 g/mol. The number of imidazole rings is 1. The second-order valence-electron chi connectivity index (χ2n) is 11.3. The van der Waals surface area contributed by atoms with Gasteiger partial charge in [0.2, 0.25) is 0 Å². The number of hydrogen-bond donors (Lipinski definition) is 2. The highest BCUT2D eigenvalue weighted by Crippen LogP contribution is 2.42. The first kappa shape index (κ1) is 24.1. The van der Waals surface area contributed by atoms with E-state index in [2.05, 4.69) is 61.3 Å². The van der Waals surface area contributed by atoms with E-state index in [9.17, 15) is 0 Å². The number of rotatable bonds is 7. The van der Waals surface area contributed by atoms with Gasteiger partial charge in [-0.25, -0.2) is 4.98 Å². The van der Waals surface area contributed by atoms with Gasteiger partial charge in [-0.1, -0.05) is 24.3 Å². The van der Waals surface area contributed by atoms with Gasteiger partial charge in [0.25, 0.3) is 0 Å². The molecule has 1 aliphatic carbocycles. The highest BCUT2D eigenvalue weighted by atomic mass is 16.5. The third kappa shape index (κ3) is 4.67. The number of aryl methyl sites for hydroxylation is 1. The van der Waals surface area contributed by atoms with Crippen LogP contribution in [0.2, 0.25) is 0 Å². The molecule has 9 nitrogen and oxygen atoms in total. The summed E-state index contributed by atoms with van der Waals surface area (Å²) in [5, 5.41) is 3.68. The maximum absolute atomic E-state index is 6.31. The molecule has 3 aliphatic heterocycles. The van der Waals surface area contributed by atoms with E-state index in [-0.39, 0.29) is 0 Å². The van der Waals surface area contributed by atoms with Crippen LogP contribution in [-0.4, -0.2) is 81.7 Å². The second-order valence-corrected chi connectivity index (χ2v) is 11.3. The second kappa shape index (κ2) is 10.3. The fourth-order valence-electron chi connectivity index (χ4n) is 6.86. The molecule has 2 saturated heterocycles. The SMILES string of the molecule is CN1CCCC1COc1nc2c(c(N3CCNC(Cc4ncc[nH]4)C3)n1)CN(C1CCc3ccccc31)C2. The molecule has 38 heavy (non-hydrogen) atoms. The van der Waals surface area contributed by atoms with E-state index >= 15 is 0 Å². The highest BCUT2D eigenvalue weighted by Gasteiger charge is 2.36. The Labute approximate surface area is 224 Å². The van der Waals surface area contributed by atoms with Crippen molar-refractivity contribution >= 4 is 5.82 Å². The first-order valence-electron chi connectivity index (χ1n) is 14.2. The molecular formula is C29H38N8O. The number of likely N-dealkylation sites (tertiary alicyclic amines) is 1. The molecule has 5 heterocycles. The molecule has 3 unspecified atom stereocenters. The van der Waals surface area contributed by atoms with E-state index < -0.39 is 0 Å². The van der Waals surface area contributed by atoms with Crippen LogP contribution in [0, 0.1) is 0 Å². The number of nitrogens with zero attached hydrogens (tertiary/aromatic N) is 6. The fourth-order valence-corrected chi connectivity index (χ4v) is 6.86. The van der Waals surface area contributed by atoms with Crippen LogP contribution in [0.25, 0.3) is 0 Å². The molecular weight excluding hydrogens is 476 g/mol. The third-order valence-electron chi connectivity index (χ3n) is 8.93. The molecule has 0 radical (unpaired) electrons. The lowest BCUT2D eigenvalue weighted by molar-refractivity contribution is 0.186. The van der Waals surface area contributed by atoms with Crippen LogP contribution < -0.4 is 15.0 Å². The molecule has 3 atom stereocenters. The smallest absolute Gasteiger partial charge is 0.318 e. The van der Waals surface area contributed by atoms with Crippen molar-refractivity contribution in [2.45, 2.75) is 63.3 Å². The minimum atomic E-state index is 0.316. The van der Waals surface area contributed by atoms with E-state index in [1.54, 1.807) is 0 Å². The van der Waals surface area contributed by atoms with Crippen molar-refractivity contribution in [3.8, 4) is 6.01 Å². The molecule has 4 aliphatic rings. The summed E-state index contributed by atoms with van der Waals surface area (Å²) in [6.07, 6.45) is 9.34. The number of anilines is 1. The average molecular weight is 515 g/mol. The average Bonchev–Trinajstić information content (AvgIpc) is 3.74. The number of aromatic nitrogens is 4. The van der Waals surface area contributed by atoms with Crippen molar-refractivity contribution in [1.82, 2.24) is 35.1 Å². The predicted octanol–water partition coefficient (Wildman–Crippen LogP) is 2.70. The quantitative estimate of drug-likeness (QED) is 0.498. The van der Waals surface area contributed by atoms with Crippen LogP contribution in [0.5, 0.6) is 6.01 Å². The standard InChI is InChI=1S/C29H38N8O/c1-35-13-4-6-22(35)19-38-29-33-25-18-37(26-9-8-20-5-2-3-7-23(20)26)17-24(25)28(34-29)36-14-12-30-21(16-36)15-27-31-10-11-32-27/h2-3,5,7,10-11,21-22,26,30H,4,6,8-9,12-19H2,1H3,(H,31,32). The number of nitrogens with one attached hydrogen (secondary N) is 2. The zero-order valence-electron chi connectivity index (χ0n) is 22.3. The molecule has 200 valence electrons. The Hall–Kier alpha value is -3.01. The molecule has 2 fully saturated rings.